The van der Waals surface area contributed by atoms with Crippen molar-refractivity contribution in [2.24, 2.45) is 5.41 Å². The van der Waals surface area contributed by atoms with Crippen molar-refractivity contribution in [1.82, 2.24) is 18.9 Å². The number of aromatic nitrogens is 4. The first-order chi connectivity index (χ1) is 22.8. The number of rotatable bonds is 6. The Labute approximate surface area is 289 Å². The molecule has 1 aliphatic carbocycles. The molecule has 0 bridgehead atoms. The summed E-state index contributed by atoms with van der Waals surface area (Å²) >= 11 is 6.28. The lowest BCUT2D eigenvalue weighted by Gasteiger charge is -2.41. The lowest BCUT2D eigenvalue weighted by molar-refractivity contribution is 0.291. The molecule has 3 aromatic heterocycles. The predicted octanol–water partition coefficient (Wildman–Crippen LogP) is 8.13. The predicted molar refractivity (Wildman–Crippen MR) is 196 cm³/mol. The van der Waals surface area contributed by atoms with Crippen molar-refractivity contribution in [3.63, 3.8) is 0 Å². The van der Waals surface area contributed by atoms with Gasteiger partial charge >= 0.3 is 0 Å². The number of halogens is 1. The second-order valence-electron chi connectivity index (χ2n) is 15.0. The molecule has 7 rings (SSSR count). The number of hydrogen-bond donors (Lipinski definition) is 0. The van der Waals surface area contributed by atoms with Crippen molar-refractivity contribution < 1.29 is 8.42 Å². The minimum Gasteiger partial charge on any atom is -0.366 e. The molecule has 0 amide bonds. The number of allylic oxidation sites excluding steroid dienone is 3. The van der Waals surface area contributed by atoms with Gasteiger partial charge < -0.3 is 9.80 Å². The molecule has 0 saturated carbocycles. The fourth-order valence-electron chi connectivity index (χ4n) is 7.53. The van der Waals surface area contributed by atoms with E-state index in [2.05, 4.69) is 67.6 Å². The number of nitrogens with zero attached hydrogens (tertiary/aromatic N) is 6. The highest BCUT2D eigenvalue weighted by Gasteiger charge is 2.40. The molecule has 10 heteroatoms. The van der Waals surface area contributed by atoms with E-state index in [1.165, 1.54) is 32.8 Å². The van der Waals surface area contributed by atoms with Crippen LogP contribution < -0.4 is 9.80 Å². The zero-order valence-electron chi connectivity index (χ0n) is 28.8. The second-order valence-corrected chi connectivity index (χ2v) is 17.7. The summed E-state index contributed by atoms with van der Waals surface area (Å²) in [6.07, 6.45) is 11.8. The van der Waals surface area contributed by atoms with Crippen molar-refractivity contribution in [3.8, 4) is 11.4 Å². The lowest BCUT2D eigenvalue weighted by atomic mass is 9.84. The van der Waals surface area contributed by atoms with Gasteiger partial charge in [-0.2, -0.15) is 0 Å². The van der Waals surface area contributed by atoms with Crippen LogP contribution in [0, 0.1) is 12.3 Å². The van der Waals surface area contributed by atoms with Gasteiger partial charge in [0, 0.05) is 72.2 Å². The molecule has 252 valence electrons. The normalized spacial score (nSPS) is 21.1. The van der Waals surface area contributed by atoms with Crippen LogP contribution in [0.5, 0.6) is 0 Å². The van der Waals surface area contributed by atoms with Crippen molar-refractivity contribution in [2.75, 3.05) is 29.4 Å². The first kappa shape index (κ1) is 32.8. The third-order valence-electron chi connectivity index (χ3n) is 10.4. The third-order valence-corrected chi connectivity index (χ3v) is 12.9. The van der Waals surface area contributed by atoms with Gasteiger partial charge in [-0.1, -0.05) is 57.5 Å². The largest absolute Gasteiger partial charge is 0.366 e. The van der Waals surface area contributed by atoms with Gasteiger partial charge in [-0.15, -0.1) is 0 Å². The van der Waals surface area contributed by atoms with Gasteiger partial charge in [-0.25, -0.2) is 27.3 Å². The van der Waals surface area contributed by atoms with Crippen molar-refractivity contribution in [2.45, 2.75) is 84.4 Å². The molecule has 0 radical (unpaired) electrons. The molecule has 2 aliphatic heterocycles. The van der Waals surface area contributed by atoms with E-state index in [-0.39, 0.29) is 5.41 Å². The van der Waals surface area contributed by atoms with Crippen LogP contribution in [0.25, 0.3) is 22.4 Å². The van der Waals surface area contributed by atoms with Gasteiger partial charge in [-0.3, -0.25) is 0 Å². The van der Waals surface area contributed by atoms with Crippen LogP contribution in [0.1, 0.15) is 82.2 Å². The molecule has 1 fully saturated rings. The van der Waals surface area contributed by atoms with E-state index in [4.69, 9.17) is 21.6 Å². The average molecular weight is 685 g/mol. The second kappa shape index (κ2) is 12.0. The molecule has 3 aliphatic rings. The van der Waals surface area contributed by atoms with E-state index in [9.17, 15) is 8.42 Å². The number of benzene rings is 1. The zero-order valence-corrected chi connectivity index (χ0v) is 30.4. The molecule has 48 heavy (non-hydrogen) atoms. The number of fused-ring (bicyclic) bond motifs is 2. The van der Waals surface area contributed by atoms with Gasteiger partial charge in [0.25, 0.3) is 0 Å². The Morgan fingerprint density at radius 3 is 2.58 bits per heavy atom. The summed E-state index contributed by atoms with van der Waals surface area (Å²) in [6, 6.07) is 10.6. The van der Waals surface area contributed by atoms with Crippen LogP contribution in [-0.4, -0.2) is 51.7 Å². The molecule has 5 heterocycles. The van der Waals surface area contributed by atoms with Gasteiger partial charge in [0.1, 0.15) is 10.6 Å². The fourth-order valence-corrected chi connectivity index (χ4v) is 9.55. The molecular weight excluding hydrogens is 640 g/mol. The standard InChI is InChI=1S/C38H45ClN6O2S/c1-25(2)27-11-10-26(3)33(21-27)43-19-14-32-31(23-43)36(44-18-8-15-37(4,5)24-44)42-34(41-32)29-12-17-40-35-30(29)13-20-45(35)48(46,47)38(6)16-7-9-28(39)22-38/h7,9-13,17,20-22,25H,8,14-16,18-19,23-24H2,1-6H3. The van der Waals surface area contributed by atoms with Gasteiger partial charge in [0.2, 0.25) is 10.0 Å². The SMILES string of the molecule is Cc1ccc(C(C)C)cc1N1CCc2nc(-c3ccnc4c3ccn4S(=O)(=O)C3(C)C=C(Cl)C=CC3)nc(N3CCCC(C)(C)C3)c2C1. The minimum atomic E-state index is -3.89. The zero-order chi connectivity index (χ0) is 34.0. The van der Waals surface area contributed by atoms with Gasteiger partial charge in [0.15, 0.2) is 11.5 Å². The minimum absolute atomic E-state index is 0.171. The summed E-state index contributed by atoms with van der Waals surface area (Å²) in [6.45, 7) is 16.5. The Morgan fingerprint density at radius 2 is 1.83 bits per heavy atom. The Bertz CT molecular complexity index is 2080. The van der Waals surface area contributed by atoms with Crippen LogP contribution in [0.15, 0.2) is 66.0 Å². The molecule has 0 N–H and O–H groups in total. The number of hydrogen-bond acceptors (Lipinski definition) is 7. The van der Waals surface area contributed by atoms with E-state index in [0.29, 0.717) is 34.2 Å². The molecule has 1 saturated heterocycles. The molecule has 1 atom stereocenters. The first-order valence-corrected chi connectivity index (χ1v) is 18.8. The van der Waals surface area contributed by atoms with Crippen LogP contribution in [0.4, 0.5) is 11.5 Å². The molecular formula is C38H45ClN6O2S. The van der Waals surface area contributed by atoms with E-state index in [1.807, 2.05) is 12.1 Å². The maximum atomic E-state index is 14.1. The van der Waals surface area contributed by atoms with E-state index in [1.54, 1.807) is 37.5 Å². The van der Waals surface area contributed by atoms with E-state index in [0.717, 1.165) is 56.1 Å². The maximum absolute atomic E-state index is 14.1. The Kier molecular flexibility index (Phi) is 8.22. The summed E-state index contributed by atoms with van der Waals surface area (Å²) in [5.41, 5.74) is 7.45. The average Bonchev–Trinajstić information content (AvgIpc) is 3.49. The molecule has 4 aromatic rings. The quantitative estimate of drug-likeness (QED) is 0.203. The van der Waals surface area contributed by atoms with Gasteiger partial charge in [0.05, 0.1) is 5.69 Å². The highest BCUT2D eigenvalue weighted by molar-refractivity contribution is 7.91. The summed E-state index contributed by atoms with van der Waals surface area (Å²) in [7, 11) is -3.89. The van der Waals surface area contributed by atoms with E-state index >= 15 is 0 Å². The first-order valence-electron chi connectivity index (χ1n) is 17.0. The third kappa shape index (κ3) is 5.72. The topological polar surface area (TPSA) is 84.2 Å². The molecule has 0 spiro atoms. The van der Waals surface area contributed by atoms with Crippen LogP contribution in [0.2, 0.25) is 0 Å². The fraction of sp³-hybridized carbons (Fsp3) is 0.447. The number of aryl methyl sites for hydroxylation is 1. The number of anilines is 2. The van der Waals surface area contributed by atoms with Crippen LogP contribution in [-0.2, 0) is 23.0 Å². The smallest absolute Gasteiger partial charge is 0.249 e. The number of piperidine rings is 1. The van der Waals surface area contributed by atoms with E-state index < -0.39 is 14.8 Å². The highest BCUT2D eigenvalue weighted by Crippen LogP contribution is 2.39. The highest BCUT2D eigenvalue weighted by atomic mass is 35.5. The Hall–Kier alpha value is -3.69. The van der Waals surface area contributed by atoms with Crippen molar-refractivity contribution in [1.29, 1.82) is 0 Å². The van der Waals surface area contributed by atoms with Crippen LogP contribution in [0.3, 0.4) is 0 Å². The summed E-state index contributed by atoms with van der Waals surface area (Å²) in [5, 5.41) is 1.12. The summed E-state index contributed by atoms with van der Waals surface area (Å²) in [5.74, 6) is 2.05. The molecule has 8 nitrogen and oxygen atoms in total. The summed E-state index contributed by atoms with van der Waals surface area (Å²) in [4.78, 5) is 20.1. The Morgan fingerprint density at radius 1 is 1.02 bits per heavy atom. The molecule has 1 aromatic carbocycles. The lowest BCUT2D eigenvalue weighted by Crippen LogP contribution is -2.42. The Balaban J connectivity index is 1.33. The number of pyridine rings is 1. The summed E-state index contributed by atoms with van der Waals surface area (Å²) < 4.78 is 28.2. The molecule has 1 unspecified atom stereocenters. The van der Waals surface area contributed by atoms with Gasteiger partial charge in [-0.05, 0) is 85.9 Å². The maximum Gasteiger partial charge on any atom is 0.249 e. The van der Waals surface area contributed by atoms with Crippen molar-refractivity contribution >= 4 is 44.2 Å². The van der Waals surface area contributed by atoms with Crippen molar-refractivity contribution in [3.05, 3.63) is 88.4 Å². The monoisotopic (exact) mass is 684 g/mol. The van der Waals surface area contributed by atoms with Crippen LogP contribution >= 0.6 is 11.6 Å².